The molecule has 47 heavy (non-hydrogen) atoms. The molecule has 3 saturated carbocycles. The van der Waals surface area contributed by atoms with Gasteiger partial charge in [0, 0.05) is 57.7 Å². The molecule has 1 N–H and O–H groups in total. The molecule has 4 aliphatic rings. The number of halogens is 2. The largest absolute Gasteiger partial charge is 0.444 e. The number of nitrogens with zero attached hydrogens (tertiary/aromatic N) is 5. The van der Waals surface area contributed by atoms with E-state index in [1.807, 2.05) is 24.9 Å². The third-order valence-corrected chi connectivity index (χ3v) is 9.54. The zero-order chi connectivity index (χ0) is 33.7. The first kappa shape index (κ1) is 33.5. The second kappa shape index (κ2) is 12.9. The van der Waals surface area contributed by atoms with E-state index in [9.17, 15) is 18.4 Å². The highest BCUT2D eigenvalue weighted by Gasteiger charge is 2.49. The number of likely N-dealkylation sites (tertiary alicyclic amines) is 1. The summed E-state index contributed by atoms with van der Waals surface area (Å²) in [6.07, 6.45) is 5.27. The molecule has 0 bridgehead atoms. The average Bonchev–Trinajstić information content (AvgIpc) is 3.70. The molecule has 2 aromatic heterocycles. The Kier molecular flexibility index (Phi) is 9.23. The lowest BCUT2D eigenvalue weighted by molar-refractivity contribution is -0.0920. The van der Waals surface area contributed by atoms with Gasteiger partial charge in [0.2, 0.25) is 17.7 Å². The topological polar surface area (TPSA) is 123 Å². The van der Waals surface area contributed by atoms with Crippen LogP contribution in [-0.4, -0.2) is 93.4 Å². The summed E-state index contributed by atoms with van der Waals surface area (Å²) in [6.45, 7) is 10.4. The molecule has 3 aliphatic carbocycles. The van der Waals surface area contributed by atoms with Gasteiger partial charge in [-0.3, -0.25) is 4.79 Å². The predicted molar refractivity (Wildman–Crippen MR) is 170 cm³/mol. The van der Waals surface area contributed by atoms with Gasteiger partial charge in [-0.15, -0.1) is 10.2 Å². The number of hydrogen-bond acceptors (Lipinski definition) is 9. The van der Waals surface area contributed by atoms with Crippen molar-refractivity contribution in [2.45, 2.75) is 127 Å². The number of ether oxygens (including phenoxy) is 2. The van der Waals surface area contributed by atoms with E-state index in [0.29, 0.717) is 24.6 Å². The van der Waals surface area contributed by atoms with Gasteiger partial charge in [0.05, 0.1) is 23.8 Å². The molecule has 0 spiro atoms. The van der Waals surface area contributed by atoms with Crippen LogP contribution < -0.4 is 5.32 Å². The third-order valence-electron chi connectivity index (χ3n) is 9.54. The number of nitrogens with one attached hydrogen (secondary N) is 1. The van der Waals surface area contributed by atoms with Gasteiger partial charge in [-0.2, -0.15) is 0 Å². The van der Waals surface area contributed by atoms with Crippen LogP contribution in [0.15, 0.2) is 16.7 Å². The Hall–Kier alpha value is -3.35. The number of piperidine rings is 1. The molecule has 2 atom stereocenters. The molecular weight excluding hydrogens is 610 g/mol. The van der Waals surface area contributed by atoms with Crippen molar-refractivity contribution in [3.63, 3.8) is 0 Å². The van der Waals surface area contributed by atoms with E-state index in [2.05, 4.69) is 21.6 Å². The number of hydrogen-bond donors (Lipinski definition) is 1. The maximum Gasteiger partial charge on any atom is 0.410 e. The van der Waals surface area contributed by atoms with Crippen LogP contribution >= 0.6 is 0 Å². The monoisotopic (exact) mass is 658 g/mol. The van der Waals surface area contributed by atoms with E-state index >= 15 is 0 Å². The summed E-state index contributed by atoms with van der Waals surface area (Å²) in [5, 5.41) is 11.9. The number of carbonyl (C=O) groups excluding carboxylic acids is 2. The van der Waals surface area contributed by atoms with Crippen LogP contribution in [0.25, 0.3) is 0 Å². The number of amides is 2. The number of alkyl halides is 2. The van der Waals surface area contributed by atoms with Crippen molar-refractivity contribution < 1.29 is 32.3 Å². The first-order valence-corrected chi connectivity index (χ1v) is 17.0. The molecular formula is C34H48F2N6O5. The predicted octanol–water partition coefficient (Wildman–Crippen LogP) is 6.34. The van der Waals surface area contributed by atoms with Gasteiger partial charge in [-0.1, -0.05) is 13.8 Å². The van der Waals surface area contributed by atoms with Gasteiger partial charge in [0.1, 0.15) is 5.60 Å². The quantitative estimate of drug-likeness (QED) is 0.312. The number of pyridine rings is 1. The van der Waals surface area contributed by atoms with Gasteiger partial charge in [-0.05, 0) is 76.3 Å². The standard InChI is InChI=1S/C34H48F2N6O5/c1-19(2)16-42(31(43)28-27(38-24-11-26(12-24)45-6)10-21(15-37-28)20-7-8-20)25-9-22(17-41(18-25)32(44)47-33(3,4)5)29-39-40-30(46-29)23-13-34(35,36)14-23/h10,15,19-20,22-26,38H,7-9,11-14,16-18H2,1-6H3/t22-,24?,25?,26?/m1/s1. The molecule has 2 aromatic rings. The summed E-state index contributed by atoms with van der Waals surface area (Å²) >= 11 is 0. The highest BCUT2D eigenvalue weighted by Crippen LogP contribution is 2.48. The molecule has 6 rings (SSSR count). The van der Waals surface area contributed by atoms with E-state index in [1.54, 1.807) is 32.8 Å². The van der Waals surface area contributed by atoms with E-state index in [4.69, 9.17) is 18.9 Å². The normalized spacial score (nSPS) is 26.0. The van der Waals surface area contributed by atoms with E-state index < -0.39 is 35.5 Å². The molecule has 11 nitrogen and oxygen atoms in total. The fourth-order valence-electron chi connectivity index (χ4n) is 6.79. The molecule has 1 aliphatic heterocycles. The summed E-state index contributed by atoms with van der Waals surface area (Å²) in [7, 11) is 1.72. The first-order valence-electron chi connectivity index (χ1n) is 17.0. The molecule has 0 aromatic carbocycles. The summed E-state index contributed by atoms with van der Waals surface area (Å²) < 4.78 is 44.4. The third kappa shape index (κ3) is 7.87. The van der Waals surface area contributed by atoms with Crippen LogP contribution in [0.4, 0.5) is 19.3 Å². The van der Waals surface area contributed by atoms with Gasteiger partial charge in [-0.25, -0.2) is 18.6 Å². The zero-order valence-electron chi connectivity index (χ0n) is 28.3. The minimum atomic E-state index is -2.72. The maximum absolute atomic E-state index is 14.6. The fraction of sp³-hybridized carbons (Fsp3) is 0.735. The molecule has 3 heterocycles. The molecule has 0 radical (unpaired) electrons. The number of anilines is 1. The minimum Gasteiger partial charge on any atom is -0.444 e. The molecule has 1 saturated heterocycles. The summed E-state index contributed by atoms with van der Waals surface area (Å²) in [6, 6.07) is 1.84. The van der Waals surface area contributed by atoms with Crippen molar-refractivity contribution in [1.29, 1.82) is 0 Å². The number of methoxy groups -OCH3 is 1. The fourth-order valence-corrected chi connectivity index (χ4v) is 6.79. The zero-order valence-corrected chi connectivity index (χ0v) is 28.3. The van der Waals surface area contributed by atoms with Gasteiger partial charge < -0.3 is 29.0 Å². The first-order chi connectivity index (χ1) is 22.2. The van der Waals surface area contributed by atoms with Crippen molar-refractivity contribution in [2.24, 2.45) is 5.92 Å². The van der Waals surface area contributed by atoms with Crippen molar-refractivity contribution >= 4 is 17.7 Å². The summed E-state index contributed by atoms with van der Waals surface area (Å²) in [5.41, 5.74) is 1.49. The molecule has 258 valence electrons. The van der Waals surface area contributed by atoms with Crippen molar-refractivity contribution in [1.82, 2.24) is 25.0 Å². The molecule has 4 fully saturated rings. The molecule has 1 unspecified atom stereocenters. The second-order valence-electron chi connectivity index (χ2n) is 15.4. The van der Waals surface area contributed by atoms with E-state index in [-0.39, 0.29) is 61.7 Å². The second-order valence-corrected chi connectivity index (χ2v) is 15.4. The van der Waals surface area contributed by atoms with Crippen LogP contribution in [0.5, 0.6) is 0 Å². The van der Waals surface area contributed by atoms with Crippen molar-refractivity contribution in [3.8, 4) is 0 Å². The highest BCUT2D eigenvalue weighted by atomic mass is 19.3. The minimum absolute atomic E-state index is 0.126. The van der Waals surface area contributed by atoms with Crippen LogP contribution in [0.3, 0.4) is 0 Å². The van der Waals surface area contributed by atoms with Crippen molar-refractivity contribution in [2.75, 3.05) is 32.1 Å². The Balaban J connectivity index is 1.29. The lowest BCUT2D eigenvalue weighted by Gasteiger charge is -2.42. The lowest BCUT2D eigenvalue weighted by atomic mass is 9.81. The molecule has 13 heteroatoms. The molecule has 2 amide bonds. The Morgan fingerprint density at radius 1 is 1.09 bits per heavy atom. The Morgan fingerprint density at radius 2 is 1.77 bits per heavy atom. The van der Waals surface area contributed by atoms with E-state index in [0.717, 1.165) is 36.9 Å². The number of aromatic nitrogens is 3. The van der Waals surface area contributed by atoms with Gasteiger partial charge in [0.15, 0.2) is 5.69 Å². The number of carbonyl (C=O) groups is 2. The van der Waals surface area contributed by atoms with Crippen LogP contribution in [-0.2, 0) is 9.47 Å². The number of rotatable bonds is 10. The smallest absolute Gasteiger partial charge is 0.410 e. The van der Waals surface area contributed by atoms with Gasteiger partial charge >= 0.3 is 6.09 Å². The van der Waals surface area contributed by atoms with Crippen LogP contribution in [0.1, 0.15) is 125 Å². The Labute approximate surface area is 275 Å². The summed E-state index contributed by atoms with van der Waals surface area (Å²) in [4.78, 5) is 36.2. The average molecular weight is 659 g/mol. The summed E-state index contributed by atoms with van der Waals surface area (Å²) in [5.74, 6) is -2.79. The van der Waals surface area contributed by atoms with Crippen molar-refractivity contribution in [3.05, 3.63) is 35.3 Å². The lowest BCUT2D eigenvalue weighted by Crippen LogP contribution is -2.55. The Morgan fingerprint density at radius 3 is 2.36 bits per heavy atom. The SMILES string of the molecule is COC1CC(Nc2cc(C3CC3)cnc2C(=O)N(CC(C)C)C2C[C@@H](c3nnc(C4CC(F)(F)C4)o3)CN(C(=O)OC(C)(C)C)C2)C1. The van der Waals surface area contributed by atoms with Gasteiger partial charge in [0.25, 0.3) is 5.91 Å². The van der Waals surface area contributed by atoms with E-state index in [1.165, 1.54) is 0 Å². The highest BCUT2D eigenvalue weighted by molar-refractivity contribution is 5.98. The Bertz CT molecular complexity index is 1440. The van der Waals surface area contributed by atoms with Crippen LogP contribution in [0.2, 0.25) is 0 Å². The maximum atomic E-state index is 14.6. The van der Waals surface area contributed by atoms with Crippen LogP contribution in [0, 0.1) is 5.92 Å².